The molecule has 0 fully saturated rings. The van der Waals surface area contributed by atoms with Crippen LogP contribution in [0.5, 0.6) is 11.5 Å². The van der Waals surface area contributed by atoms with Crippen LogP contribution in [0, 0.1) is 5.82 Å². The Hall–Kier alpha value is -3.72. The van der Waals surface area contributed by atoms with E-state index in [1.54, 1.807) is 78.9 Å². The van der Waals surface area contributed by atoms with Crippen molar-refractivity contribution in [3.63, 3.8) is 0 Å². The highest BCUT2D eigenvalue weighted by atomic mass is 79.9. The lowest BCUT2D eigenvalue weighted by Gasteiger charge is -2.28. The molecular weight excluding hydrogens is 598 g/mol. The number of hydrogen-bond acceptors (Lipinski definition) is 8. The molecule has 8 nitrogen and oxygen atoms in total. The number of para-hydroxylation sites is 2. The maximum absolute atomic E-state index is 14.6. The van der Waals surface area contributed by atoms with Crippen LogP contribution in [0.3, 0.4) is 0 Å². The highest BCUT2D eigenvalue weighted by Crippen LogP contribution is 2.60. The lowest BCUT2D eigenvalue weighted by Crippen LogP contribution is -2.18. The summed E-state index contributed by atoms with van der Waals surface area (Å²) in [6.07, 6.45) is 0. The standard InChI is InChI=1S/C26H18BrClFN4O4P/c27-23-13-7-12-22(30-23)24-32-33-26(35-24)31-25(17-14-15-21(29)20(28)16-17)38(34,36-18-8-3-1-4-9-18)37-19-10-5-2-6-11-19/h1-16,25H,(H,31,33). The average Bonchev–Trinajstić information content (AvgIpc) is 3.39. The molecule has 0 amide bonds. The molecule has 1 atom stereocenters. The quantitative estimate of drug-likeness (QED) is 0.131. The van der Waals surface area contributed by atoms with Crippen molar-refractivity contribution in [3.8, 4) is 23.1 Å². The highest BCUT2D eigenvalue weighted by molar-refractivity contribution is 9.10. The van der Waals surface area contributed by atoms with Crippen LogP contribution in [0.25, 0.3) is 11.6 Å². The number of halogens is 3. The molecule has 0 bridgehead atoms. The Morgan fingerprint density at radius 3 is 2.16 bits per heavy atom. The first-order chi connectivity index (χ1) is 18.4. The van der Waals surface area contributed by atoms with Gasteiger partial charge in [-0.25, -0.2) is 13.9 Å². The molecule has 0 aliphatic rings. The molecular formula is C26H18BrClFN4O4P. The van der Waals surface area contributed by atoms with Gasteiger partial charge in [0.2, 0.25) is 0 Å². The lowest BCUT2D eigenvalue weighted by molar-refractivity contribution is 0.375. The monoisotopic (exact) mass is 614 g/mol. The maximum Gasteiger partial charge on any atom is 0.457 e. The Kier molecular flexibility index (Phi) is 7.74. The molecule has 1 N–H and O–H groups in total. The topological polar surface area (TPSA) is 99.4 Å². The van der Waals surface area contributed by atoms with Gasteiger partial charge in [0.05, 0.1) is 5.02 Å². The van der Waals surface area contributed by atoms with E-state index in [9.17, 15) is 8.96 Å². The van der Waals surface area contributed by atoms with Gasteiger partial charge in [0.25, 0.3) is 5.89 Å². The lowest BCUT2D eigenvalue weighted by atomic mass is 10.2. The van der Waals surface area contributed by atoms with E-state index in [4.69, 9.17) is 25.1 Å². The highest BCUT2D eigenvalue weighted by Gasteiger charge is 2.42. The van der Waals surface area contributed by atoms with Gasteiger partial charge in [-0.15, -0.1) is 5.10 Å². The Morgan fingerprint density at radius 1 is 0.895 bits per heavy atom. The first kappa shape index (κ1) is 25.9. The molecule has 0 aliphatic heterocycles. The fourth-order valence-corrected chi connectivity index (χ4v) is 5.84. The first-order valence-electron chi connectivity index (χ1n) is 11.2. The van der Waals surface area contributed by atoms with E-state index < -0.39 is 19.2 Å². The molecule has 2 aromatic heterocycles. The van der Waals surface area contributed by atoms with Gasteiger partial charge in [0.1, 0.15) is 27.6 Å². The van der Waals surface area contributed by atoms with Crippen LogP contribution < -0.4 is 14.4 Å². The fourth-order valence-electron chi connectivity index (χ4n) is 3.44. The number of nitrogens with zero attached hydrogens (tertiary/aromatic N) is 3. The Labute approximate surface area is 230 Å². The van der Waals surface area contributed by atoms with Gasteiger partial charge in [-0.1, -0.05) is 65.2 Å². The summed E-state index contributed by atoms with van der Waals surface area (Å²) in [6.45, 7) is 0. The molecule has 3 aromatic carbocycles. The second-order valence-electron chi connectivity index (χ2n) is 7.83. The van der Waals surface area contributed by atoms with E-state index in [0.29, 0.717) is 15.9 Å². The Morgan fingerprint density at radius 2 is 1.55 bits per heavy atom. The molecule has 5 aromatic rings. The van der Waals surface area contributed by atoms with Crippen molar-refractivity contribution >= 4 is 41.1 Å². The van der Waals surface area contributed by atoms with Gasteiger partial charge in [-0.05, 0) is 70.0 Å². The summed E-state index contributed by atoms with van der Waals surface area (Å²) in [6, 6.07) is 26.1. The van der Waals surface area contributed by atoms with Crippen molar-refractivity contribution in [2.24, 2.45) is 0 Å². The predicted octanol–water partition coefficient (Wildman–Crippen LogP) is 8.15. The van der Waals surface area contributed by atoms with Crippen molar-refractivity contribution in [3.05, 3.63) is 118 Å². The average molecular weight is 616 g/mol. The zero-order valence-corrected chi connectivity index (χ0v) is 22.6. The predicted molar refractivity (Wildman–Crippen MR) is 145 cm³/mol. The van der Waals surface area contributed by atoms with Crippen LogP contribution in [0.4, 0.5) is 10.4 Å². The molecule has 2 heterocycles. The molecule has 0 saturated heterocycles. The summed E-state index contributed by atoms with van der Waals surface area (Å²) in [4.78, 5) is 4.31. The zero-order chi connectivity index (χ0) is 26.5. The molecule has 5 rings (SSSR count). The summed E-state index contributed by atoms with van der Waals surface area (Å²) in [7, 11) is -4.21. The third kappa shape index (κ3) is 6.05. The number of nitrogens with one attached hydrogen (secondary N) is 1. The minimum Gasteiger partial charge on any atom is -0.414 e. The minimum absolute atomic E-state index is 0.0965. The summed E-state index contributed by atoms with van der Waals surface area (Å²) in [5, 5.41) is 10.8. The van der Waals surface area contributed by atoms with Gasteiger partial charge < -0.3 is 18.8 Å². The van der Waals surface area contributed by atoms with Gasteiger partial charge in [0, 0.05) is 0 Å². The van der Waals surface area contributed by atoms with Crippen LogP contribution in [0.1, 0.15) is 11.3 Å². The van der Waals surface area contributed by atoms with Crippen LogP contribution in [0.2, 0.25) is 5.02 Å². The Bertz CT molecular complexity index is 1550. The van der Waals surface area contributed by atoms with Crippen molar-refractivity contribution in [1.29, 1.82) is 0 Å². The van der Waals surface area contributed by atoms with Gasteiger partial charge in [-0.2, -0.15) is 0 Å². The summed E-state index contributed by atoms with van der Waals surface area (Å²) in [5.74, 6) is -1.19. The third-order valence-electron chi connectivity index (χ3n) is 5.15. The smallest absolute Gasteiger partial charge is 0.414 e. The molecule has 0 spiro atoms. The number of pyridine rings is 1. The summed E-state index contributed by atoms with van der Waals surface area (Å²) in [5.41, 5.74) is 0.720. The Balaban J connectivity index is 1.58. The molecule has 192 valence electrons. The largest absolute Gasteiger partial charge is 0.457 e. The molecule has 0 aliphatic carbocycles. The zero-order valence-electron chi connectivity index (χ0n) is 19.4. The van der Waals surface area contributed by atoms with Crippen LogP contribution in [-0.4, -0.2) is 15.2 Å². The molecule has 38 heavy (non-hydrogen) atoms. The molecule has 0 saturated carbocycles. The van der Waals surface area contributed by atoms with Crippen LogP contribution in [-0.2, 0) is 4.57 Å². The number of hydrogen-bond donors (Lipinski definition) is 1. The molecule has 0 radical (unpaired) electrons. The van der Waals surface area contributed by atoms with Gasteiger partial charge in [-0.3, -0.25) is 0 Å². The van der Waals surface area contributed by atoms with Crippen molar-refractivity contribution in [2.75, 3.05) is 5.32 Å². The number of aromatic nitrogens is 3. The van der Waals surface area contributed by atoms with Gasteiger partial charge >= 0.3 is 13.6 Å². The van der Waals surface area contributed by atoms with E-state index in [0.717, 1.165) is 6.07 Å². The summed E-state index contributed by atoms with van der Waals surface area (Å²) < 4.78 is 47.0. The van der Waals surface area contributed by atoms with E-state index >= 15 is 0 Å². The fraction of sp³-hybridized carbons (Fsp3) is 0.0385. The summed E-state index contributed by atoms with van der Waals surface area (Å²) >= 11 is 9.40. The van der Waals surface area contributed by atoms with E-state index in [-0.39, 0.29) is 28.4 Å². The van der Waals surface area contributed by atoms with E-state index in [1.807, 2.05) is 0 Å². The minimum atomic E-state index is -4.21. The van der Waals surface area contributed by atoms with Gasteiger partial charge in [0.15, 0.2) is 5.78 Å². The SMILES string of the molecule is O=P(Oc1ccccc1)(Oc1ccccc1)C(Nc1nnc(-c2cccc(Br)n2)o1)c1ccc(F)c(Cl)c1. The first-order valence-corrected chi connectivity index (χ1v) is 13.9. The van der Waals surface area contributed by atoms with Crippen LogP contribution >= 0.6 is 35.1 Å². The molecule has 12 heteroatoms. The van der Waals surface area contributed by atoms with Crippen LogP contribution in [0.15, 0.2) is 106 Å². The van der Waals surface area contributed by atoms with Crippen molar-refractivity contribution in [2.45, 2.75) is 5.78 Å². The van der Waals surface area contributed by atoms with Crippen molar-refractivity contribution < 1.29 is 22.4 Å². The second kappa shape index (κ2) is 11.3. The third-order valence-corrected chi connectivity index (χ3v) is 7.87. The second-order valence-corrected chi connectivity index (χ2v) is 11.0. The maximum atomic E-state index is 14.6. The van der Waals surface area contributed by atoms with E-state index in [1.165, 1.54) is 12.1 Å². The van der Waals surface area contributed by atoms with E-state index in [2.05, 4.69) is 36.4 Å². The number of rotatable bonds is 9. The number of benzene rings is 3. The number of anilines is 1. The van der Waals surface area contributed by atoms with Crippen molar-refractivity contribution in [1.82, 2.24) is 15.2 Å². The normalized spacial score (nSPS) is 12.1. The molecule has 1 unspecified atom stereocenters.